The summed E-state index contributed by atoms with van der Waals surface area (Å²) in [6.45, 7) is 0. The molecule has 0 unspecified atom stereocenters. The summed E-state index contributed by atoms with van der Waals surface area (Å²) in [7, 11) is 2.27. The molecule has 0 amide bonds. The van der Waals surface area contributed by atoms with E-state index in [-0.39, 0.29) is 17.0 Å². The second kappa shape index (κ2) is 7.52. The molecule has 0 radical (unpaired) electrons. The Balaban J connectivity index is 0.00000193. The number of aromatic nitrogens is 1. The van der Waals surface area contributed by atoms with Gasteiger partial charge in [0.05, 0.1) is 0 Å². The Hall–Kier alpha value is -2.71. The summed E-state index contributed by atoms with van der Waals surface area (Å²) in [5, 5.41) is 0. The second-order valence-corrected chi connectivity index (χ2v) is 8.27. The third-order valence-electron chi connectivity index (χ3n) is 6.74. The molecule has 1 heterocycles. The Kier molecular flexibility index (Phi) is 4.83. The Morgan fingerprint density at radius 1 is 0.567 bits per heavy atom. The fourth-order valence-corrected chi connectivity index (χ4v) is 5.52. The number of hydrogen-bond acceptors (Lipinski definition) is 0. The number of fused-ring (bicyclic) bond motifs is 6. The quantitative estimate of drug-likeness (QED) is 0.390. The molecule has 0 spiro atoms. The maximum absolute atomic E-state index is 2.49. The predicted molar refractivity (Wildman–Crippen MR) is 119 cm³/mol. The van der Waals surface area contributed by atoms with Gasteiger partial charge in [-0.25, -0.2) is 0 Å². The maximum atomic E-state index is 2.49. The minimum absolute atomic E-state index is 0. The van der Waals surface area contributed by atoms with E-state index in [9.17, 15) is 0 Å². The van der Waals surface area contributed by atoms with E-state index in [2.05, 4.69) is 90.5 Å². The van der Waals surface area contributed by atoms with E-state index >= 15 is 0 Å². The minimum Gasteiger partial charge on any atom is -1.00 e. The molecule has 2 aliphatic rings. The van der Waals surface area contributed by atoms with Crippen LogP contribution in [0.4, 0.5) is 0 Å². The highest BCUT2D eigenvalue weighted by Crippen LogP contribution is 2.44. The van der Waals surface area contributed by atoms with Crippen molar-refractivity contribution in [1.82, 2.24) is 0 Å². The largest absolute Gasteiger partial charge is 1.00 e. The fraction of sp³-hybridized carbons (Fsp3) is 0.179. The molecule has 148 valence electrons. The number of halogens is 1. The summed E-state index contributed by atoms with van der Waals surface area (Å²) in [4.78, 5) is 0. The molecule has 0 fully saturated rings. The first-order valence-corrected chi connectivity index (χ1v) is 10.6. The Bertz CT molecular complexity index is 1180. The summed E-state index contributed by atoms with van der Waals surface area (Å²) in [6, 6.07) is 29.0. The first-order valence-electron chi connectivity index (χ1n) is 10.6. The molecule has 2 heteroatoms. The van der Waals surface area contributed by atoms with Crippen LogP contribution in [0.5, 0.6) is 0 Å². The lowest BCUT2D eigenvalue weighted by atomic mass is 9.78. The lowest BCUT2D eigenvalue weighted by Crippen LogP contribution is -3.00. The summed E-state index contributed by atoms with van der Waals surface area (Å²) >= 11 is 0. The first-order chi connectivity index (χ1) is 14.3. The van der Waals surface area contributed by atoms with E-state index in [1.54, 1.807) is 0 Å². The van der Waals surface area contributed by atoms with Gasteiger partial charge >= 0.3 is 0 Å². The molecule has 1 aromatic heterocycles. The first kappa shape index (κ1) is 19.3. The van der Waals surface area contributed by atoms with Gasteiger partial charge < -0.3 is 17.0 Å². The molecule has 30 heavy (non-hydrogen) atoms. The van der Waals surface area contributed by atoms with E-state index in [1.165, 1.54) is 55.9 Å². The molecular formula is C28H24BrN. The monoisotopic (exact) mass is 453 g/mol. The standard InChI is InChI=1S/C28H24N.BrH/c1-29-27-22-13-7-5-9-19(22)15-17-24(27)26(21-11-3-2-4-12-21)25-18-16-20-10-6-8-14-23(20)28(25)29;/h2-14H,15-18H2,1H3;1H/q+1;/p-1. The van der Waals surface area contributed by atoms with Gasteiger partial charge in [-0.05, 0) is 54.5 Å². The molecule has 0 saturated heterocycles. The number of pyridine rings is 1. The molecule has 0 saturated carbocycles. The van der Waals surface area contributed by atoms with Crippen LogP contribution >= 0.6 is 0 Å². The van der Waals surface area contributed by atoms with E-state index in [4.69, 9.17) is 0 Å². The molecule has 1 nitrogen and oxygen atoms in total. The van der Waals surface area contributed by atoms with Gasteiger partial charge in [0, 0.05) is 27.8 Å². The highest BCUT2D eigenvalue weighted by atomic mass is 79.9. The molecule has 0 N–H and O–H groups in total. The van der Waals surface area contributed by atoms with Gasteiger partial charge in [-0.1, -0.05) is 66.7 Å². The lowest BCUT2D eigenvalue weighted by Gasteiger charge is -2.27. The zero-order valence-electron chi connectivity index (χ0n) is 17.2. The van der Waals surface area contributed by atoms with E-state index in [0.29, 0.717) is 0 Å². The Morgan fingerprint density at radius 2 is 1.03 bits per heavy atom. The van der Waals surface area contributed by atoms with Gasteiger partial charge in [-0.3, -0.25) is 0 Å². The van der Waals surface area contributed by atoms with Crippen molar-refractivity contribution in [2.75, 3.05) is 0 Å². The van der Waals surface area contributed by atoms with E-state index in [1.807, 2.05) is 0 Å². The molecule has 0 aliphatic heterocycles. The smallest absolute Gasteiger partial charge is 0.216 e. The van der Waals surface area contributed by atoms with Crippen LogP contribution in [-0.2, 0) is 32.7 Å². The molecule has 4 aromatic rings. The van der Waals surface area contributed by atoms with Crippen molar-refractivity contribution >= 4 is 0 Å². The molecule has 3 aromatic carbocycles. The highest BCUT2D eigenvalue weighted by Gasteiger charge is 2.35. The Morgan fingerprint density at radius 3 is 1.57 bits per heavy atom. The SMILES string of the molecule is C[n+]1c2c(c(-c3ccccc3)c3c1-c1ccccc1CC3)CCc1ccccc1-2.[Br-]. The van der Waals surface area contributed by atoms with E-state index in [0.717, 1.165) is 25.7 Å². The van der Waals surface area contributed by atoms with Crippen molar-refractivity contribution in [3.63, 3.8) is 0 Å². The fourth-order valence-electron chi connectivity index (χ4n) is 5.52. The van der Waals surface area contributed by atoms with Crippen LogP contribution in [0.15, 0.2) is 78.9 Å². The number of hydrogen-bond donors (Lipinski definition) is 0. The van der Waals surface area contributed by atoms with Gasteiger partial charge in [0.2, 0.25) is 11.4 Å². The lowest BCUT2D eigenvalue weighted by molar-refractivity contribution is -0.650. The molecule has 0 bridgehead atoms. The topological polar surface area (TPSA) is 3.88 Å². The van der Waals surface area contributed by atoms with Crippen LogP contribution < -0.4 is 21.5 Å². The van der Waals surface area contributed by atoms with Crippen molar-refractivity contribution in [2.24, 2.45) is 7.05 Å². The normalized spacial score (nSPS) is 13.4. The van der Waals surface area contributed by atoms with Gasteiger partial charge in [0.25, 0.3) is 0 Å². The van der Waals surface area contributed by atoms with Crippen LogP contribution in [0.3, 0.4) is 0 Å². The van der Waals surface area contributed by atoms with Gasteiger partial charge in [0.1, 0.15) is 7.05 Å². The highest BCUT2D eigenvalue weighted by molar-refractivity contribution is 5.85. The third kappa shape index (κ3) is 2.78. The molecule has 2 aliphatic carbocycles. The van der Waals surface area contributed by atoms with Crippen LogP contribution in [0.2, 0.25) is 0 Å². The van der Waals surface area contributed by atoms with E-state index < -0.39 is 0 Å². The van der Waals surface area contributed by atoms with Crippen molar-refractivity contribution in [2.45, 2.75) is 25.7 Å². The van der Waals surface area contributed by atoms with Crippen LogP contribution in [-0.4, -0.2) is 0 Å². The van der Waals surface area contributed by atoms with Crippen molar-refractivity contribution < 1.29 is 21.5 Å². The number of aryl methyl sites for hydroxylation is 2. The molecule has 0 atom stereocenters. The molecular weight excluding hydrogens is 430 g/mol. The third-order valence-corrected chi connectivity index (χ3v) is 6.74. The van der Waals surface area contributed by atoms with Crippen molar-refractivity contribution in [3.8, 4) is 33.6 Å². The summed E-state index contributed by atoms with van der Waals surface area (Å²) in [5.74, 6) is 0. The van der Waals surface area contributed by atoms with Crippen molar-refractivity contribution in [1.29, 1.82) is 0 Å². The van der Waals surface area contributed by atoms with Gasteiger partial charge in [-0.2, -0.15) is 4.57 Å². The summed E-state index contributed by atoms with van der Waals surface area (Å²) in [5.41, 5.74) is 14.4. The zero-order valence-corrected chi connectivity index (χ0v) is 18.7. The average molecular weight is 454 g/mol. The van der Waals surface area contributed by atoms with Crippen LogP contribution in [0, 0.1) is 0 Å². The second-order valence-electron chi connectivity index (χ2n) is 8.27. The molecule has 6 rings (SSSR count). The zero-order chi connectivity index (χ0) is 19.4. The number of rotatable bonds is 1. The minimum atomic E-state index is 0. The van der Waals surface area contributed by atoms with Crippen molar-refractivity contribution in [3.05, 3.63) is 101 Å². The van der Waals surface area contributed by atoms with Crippen LogP contribution in [0.25, 0.3) is 33.6 Å². The summed E-state index contributed by atoms with van der Waals surface area (Å²) in [6.07, 6.45) is 4.47. The van der Waals surface area contributed by atoms with Gasteiger partial charge in [0.15, 0.2) is 0 Å². The average Bonchev–Trinajstić information content (AvgIpc) is 2.79. The summed E-state index contributed by atoms with van der Waals surface area (Å²) < 4.78 is 2.49. The van der Waals surface area contributed by atoms with Gasteiger partial charge in [-0.15, -0.1) is 0 Å². The predicted octanol–water partition coefficient (Wildman–Crippen LogP) is 2.71. The Labute approximate surface area is 188 Å². The maximum Gasteiger partial charge on any atom is 0.216 e. The number of benzene rings is 3. The number of nitrogens with zero attached hydrogens (tertiary/aromatic N) is 1. The van der Waals surface area contributed by atoms with Crippen LogP contribution in [0.1, 0.15) is 22.3 Å².